The van der Waals surface area contributed by atoms with Gasteiger partial charge in [0.2, 0.25) is 10.0 Å². The van der Waals surface area contributed by atoms with Crippen molar-refractivity contribution >= 4 is 16.1 Å². The van der Waals surface area contributed by atoms with Gasteiger partial charge in [-0.2, -0.15) is 4.31 Å². The lowest BCUT2D eigenvalue weighted by molar-refractivity contribution is 0.0503. The topological polar surface area (TPSA) is 95.9 Å². The van der Waals surface area contributed by atoms with Gasteiger partial charge < -0.3 is 15.2 Å². The molecule has 1 aromatic carbocycles. The van der Waals surface area contributed by atoms with Crippen LogP contribution in [0.1, 0.15) is 20.8 Å². The largest absolute Gasteiger partial charge is 0.508 e. The Morgan fingerprint density at radius 2 is 2.04 bits per heavy atom. The molecule has 1 heterocycles. The van der Waals surface area contributed by atoms with Crippen molar-refractivity contribution in [2.75, 3.05) is 19.6 Å². The van der Waals surface area contributed by atoms with Crippen LogP contribution in [0, 0.1) is 5.92 Å². The van der Waals surface area contributed by atoms with Gasteiger partial charge in [-0.15, -0.1) is 0 Å². The predicted molar refractivity (Wildman–Crippen MR) is 84.6 cm³/mol. The zero-order valence-corrected chi connectivity index (χ0v) is 14.3. The fourth-order valence-corrected chi connectivity index (χ4v) is 3.82. The van der Waals surface area contributed by atoms with Crippen molar-refractivity contribution in [2.45, 2.75) is 31.3 Å². The summed E-state index contributed by atoms with van der Waals surface area (Å²) in [5.74, 6) is -0.0376. The SMILES string of the molecule is CC(C)(C)OC(=O)NCC1CN(S(=O)(=O)c2cccc(O)c2)C1. The van der Waals surface area contributed by atoms with Crippen molar-refractivity contribution in [2.24, 2.45) is 5.92 Å². The first-order chi connectivity index (χ1) is 10.6. The van der Waals surface area contributed by atoms with Gasteiger partial charge in [-0.1, -0.05) is 6.07 Å². The quantitative estimate of drug-likeness (QED) is 0.865. The van der Waals surface area contributed by atoms with Gasteiger partial charge in [-0.3, -0.25) is 0 Å². The Morgan fingerprint density at radius 1 is 1.39 bits per heavy atom. The summed E-state index contributed by atoms with van der Waals surface area (Å²) >= 11 is 0. The molecular formula is C15H22N2O5S. The molecular weight excluding hydrogens is 320 g/mol. The molecule has 0 bridgehead atoms. The average molecular weight is 342 g/mol. The maximum Gasteiger partial charge on any atom is 0.407 e. The minimum Gasteiger partial charge on any atom is -0.508 e. The first kappa shape index (κ1) is 17.6. The number of alkyl carbamates (subject to hydrolysis) is 1. The van der Waals surface area contributed by atoms with E-state index in [2.05, 4.69) is 5.32 Å². The van der Waals surface area contributed by atoms with Crippen molar-refractivity contribution < 1.29 is 23.1 Å². The van der Waals surface area contributed by atoms with Gasteiger partial charge in [0.1, 0.15) is 11.4 Å². The highest BCUT2D eigenvalue weighted by molar-refractivity contribution is 7.89. The van der Waals surface area contributed by atoms with Gasteiger partial charge in [0.15, 0.2) is 0 Å². The zero-order chi connectivity index (χ0) is 17.3. The molecule has 0 unspecified atom stereocenters. The summed E-state index contributed by atoms with van der Waals surface area (Å²) in [5.41, 5.74) is -0.561. The Hall–Kier alpha value is -1.80. The van der Waals surface area contributed by atoms with Gasteiger partial charge in [-0.25, -0.2) is 13.2 Å². The number of amides is 1. The van der Waals surface area contributed by atoms with Crippen LogP contribution in [-0.4, -0.2) is 49.2 Å². The van der Waals surface area contributed by atoms with E-state index in [4.69, 9.17) is 4.74 Å². The lowest BCUT2D eigenvalue weighted by Gasteiger charge is -2.38. The van der Waals surface area contributed by atoms with Gasteiger partial charge in [0.25, 0.3) is 0 Å². The van der Waals surface area contributed by atoms with E-state index in [1.165, 1.54) is 28.6 Å². The molecule has 2 rings (SSSR count). The molecule has 0 radical (unpaired) electrons. The van der Waals surface area contributed by atoms with Crippen molar-refractivity contribution in [1.82, 2.24) is 9.62 Å². The Morgan fingerprint density at radius 3 is 2.61 bits per heavy atom. The molecule has 1 saturated heterocycles. The first-order valence-corrected chi connectivity index (χ1v) is 8.78. The number of benzene rings is 1. The van der Waals surface area contributed by atoms with E-state index in [1.54, 1.807) is 20.8 Å². The van der Waals surface area contributed by atoms with Gasteiger partial charge >= 0.3 is 6.09 Å². The highest BCUT2D eigenvalue weighted by Crippen LogP contribution is 2.26. The summed E-state index contributed by atoms with van der Waals surface area (Å²) in [4.78, 5) is 11.6. The summed E-state index contributed by atoms with van der Waals surface area (Å²) in [6, 6.07) is 5.58. The molecule has 8 heteroatoms. The molecule has 1 amide bonds. The predicted octanol–water partition coefficient (Wildman–Crippen LogP) is 1.54. The van der Waals surface area contributed by atoms with Crippen molar-refractivity contribution in [1.29, 1.82) is 0 Å². The second kappa shape index (κ2) is 6.37. The minimum absolute atomic E-state index is 0.0506. The molecule has 1 aliphatic heterocycles. The number of ether oxygens (including phenoxy) is 1. The Balaban J connectivity index is 1.84. The van der Waals surface area contributed by atoms with Crippen molar-refractivity contribution in [3.8, 4) is 5.75 Å². The summed E-state index contributed by atoms with van der Waals surface area (Å²) in [6.07, 6.45) is -0.508. The van der Waals surface area contributed by atoms with Crippen molar-refractivity contribution in [3.05, 3.63) is 24.3 Å². The summed E-state index contributed by atoms with van der Waals surface area (Å²) in [5, 5.41) is 12.0. The molecule has 0 atom stereocenters. The number of nitrogens with zero attached hydrogens (tertiary/aromatic N) is 1. The molecule has 1 aromatic rings. The fourth-order valence-electron chi connectivity index (χ4n) is 2.18. The molecule has 7 nitrogen and oxygen atoms in total. The van der Waals surface area contributed by atoms with E-state index < -0.39 is 21.7 Å². The normalized spacial score (nSPS) is 16.7. The molecule has 1 aliphatic rings. The number of aromatic hydroxyl groups is 1. The number of hydrogen-bond donors (Lipinski definition) is 2. The van der Waals surface area contributed by atoms with Crippen molar-refractivity contribution in [3.63, 3.8) is 0 Å². The highest BCUT2D eigenvalue weighted by atomic mass is 32.2. The number of phenols is 1. The van der Waals surface area contributed by atoms with Gasteiger partial charge in [0, 0.05) is 25.6 Å². The third kappa shape index (κ3) is 4.59. The van der Waals surface area contributed by atoms with Crippen LogP contribution in [0.5, 0.6) is 5.75 Å². The van der Waals surface area contributed by atoms with Crippen LogP contribution in [0.25, 0.3) is 0 Å². The van der Waals surface area contributed by atoms with E-state index in [9.17, 15) is 18.3 Å². The third-order valence-electron chi connectivity index (χ3n) is 3.31. The molecule has 128 valence electrons. The maximum atomic E-state index is 12.3. The minimum atomic E-state index is -3.60. The van der Waals surface area contributed by atoms with E-state index >= 15 is 0 Å². The van der Waals surface area contributed by atoms with E-state index in [1.807, 2.05) is 0 Å². The molecule has 23 heavy (non-hydrogen) atoms. The van der Waals surface area contributed by atoms with Crippen LogP contribution in [0.4, 0.5) is 4.79 Å². The third-order valence-corrected chi connectivity index (χ3v) is 5.14. The Bertz CT molecular complexity index is 675. The maximum absolute atomic E-state index is 12.3. The lowest BCUT2D eigenvalue weighted by atomic mass is 10.0. The zero-order valence-electron chi connectivity index (χ0n) is 13.4. The second-order valence-corrected chi connectivity index (χ2v) is 8.51. The summed E-state index contributed by atoms with van der Waals surface area (Å²) in [6.45, 7) is 6.35. The molecule has 0 aliphatic carbocycles. The van der Waals surface area contributed by atoms with Crippen LogP contribution in [-0.2, 0) is 14.8 Å². The van der Waals surface area contributed by atoms with E-state index in [-0.39, 0.29) is 16.6 Å². The van der Waals surface area contributed by atoms with Crippen LogP contribution in [0.2, 0.25) is 0 Å². The monoisotopic (exact) mass is 342 g/mol. The number of sulfonamides is 1. The van der Waals surface area contributed by atoms with Crippen LogP contribution in [0.15, 0.2) is 29.2 Å². The molecule has 0 aromatic heterocycles. The average Bonchev–Trinajstić information content (AvgIpc) is 2.34. The number of carbonyl (C=O) groups excluding carboxylic acids is 1. The number of carbonyl (C=O) groups is 1. The standard InChI is InChI=1S/C15H22N2O5S/c1-15(2,3)22-14(19)16-8-11-9-17(10-11)23(20,21)13-6-4-5-12(18)7-13/h4-7,11,18H,8-10H2,1-3H3,(H,16,19). The second-order valence-electron chi connectivity index (χ2n) is 6.57. The summed E-state index contributed by atoms with van der Waals surface area (Å²) < 4.78 is 31.1. The highest BCUT2D eigenvalue weighted by Gasteiger charge is 2.37. The number of phenolic OH excluding ortho intramolecular Hbond substituents is 1. The fraction of sp³-hybridized carbons (Fsp3) is 0.533. The van der Waals surface area contributed by atoms with E-state index in [0.29, 0.717) is 19.6 Å². The smallest absolute Gasteiger partial charge is 0.407 e. The van der Waals surface area contributed by atoms with Gasteiger partial charge in [0.05, 0.1) is 4.90 Å². The number of rotatable bonds is 4. The molecule has 0 spiro atoms. The Kier molecular flexibility index (Phi) is 4.86. The number of nitrogens with one attached hydrogen (secondary N) is 1. The molecule has 1 fully saturated rings. The van der Waals surface area contributed by atoms with Crippen LogP contribution in [0.3, 0.4) is 0 Å². The van der Waals surface area contributed by atoms with Crippen LogP contribution < -0.4 is 5.32 Å². The van der Waals surface area contributed by atoms with Gasteiger partial charge in [-0.05, 0) is 39.0 Å². The Labute approximate surface area is 136 Å². The van der Waals surface area contributed by atoms with Crippen LogP contribution >= 0.6 is 0 Å². The first-order valence-electron chi connectivity index (χ1n) is 7.34. The lowest BCUT2D eigenvalue weighted by Crippen LogP contribution is -2.53. The number of hydrogen-bond acceptors (Lipinski definition) is 5. The molecule has 0 saturated carbocycles. The molecule has 2 N–H and O–H groups in total. The summed E-state index contributed by atoms with van der Waals surface area (Å²) in [7, 11) is -3.60. The van der Waals surface area contributed by atoms with E-state index in [0.717, 1.165) is 0 Å².